The molecular formula is C15H20N2O2. The minimum absolute atomic E-state index is 0.0507. The van der Waals surface area contributed by atoms with Crippen LogP contribution in [-0.4, -0.2) is 29.8 Å². The van der Waals surface area contributed by atoms with E-state index >= 15 is 0 Å². The Morgan fingerprint density at radius 2 is 2.05 bits per heavy atom. The second kappa shape index (κ2) is 6.36. The van der Waals surface area contributed by atoms with Crippen molar-refractivity contribution in [2.45, 2.75) is 26.3 Å². The third-order valence-electron chi connectivity index (χ3n) is 3.55. The SMILES string of the molecule is CC(=O)N1CCC[C@@H](C(=O)NCc2ccccc2)C1. The number of carbonyl (C=O) groups is 2. The highest BCUT2D eigenvalue weighted by atomic mass is 16.2. The zero-order valence-corrected chi connectivity index (χ0v) is 11.3. The van der Waals surface area contributed by atoms with E-state index < -0.39 is 0 Å². The van der Waals surface area contributed by atoms with Crippen LogP contribution in [0.1, 0.15) is 25.3 Å². The van der Waals surface area contributed by atoms with Crippen LogP contribution in [0.3, 0.4) is 0 Å². The molecule has 0 radical (unpaired) electrons. The summed E-state index contributed by atoms with van der Waals surface area (Å²) in [6, 6.07) is 9.85. The summed E-state index contributed by atoms with van der Waals surface area (Å²) in [5.41, 5.74) is 1.09. The molecule has 19 heavy (non-hydrogen) atoms. The summed E-state index contributed by atoms with van der Waals surface area (Å²) >= 11 is 0. The normalized spacial score (nSPS) is 19.0. The molecule has 0 bridgehead atoms. The topological polar surface area (TPSA) is 49.4 Å². The van der Waals surface area contributed by atoms with Crippen molar-refractivity contribution in [3.8, 4) is 0 Å². The number of piperidine rings is 1. The van der Waals surface area contributed by atoms with E-state index in [4.69, 9.17) is 0 Å². The van der Waals surface area contributed by atoms with E-state index in [0.717, 1.165) is 24.9 Å². The van der Waals surface area contributed by atoms with Crippen molar-refractivity contribution in [3.63, 3.8) is 0 Å². The average molecular weight is 260 g/mol. The van der Waals surface area contributed by atoms with Gasteiger partial charge in [-0.3, -0.25) is 9.59 Å². The molecule has 0 aliphatic carbocycles. The molecule has 4 heteroatoms. The lowest BCUT2D eigenvalue weighted by atomic mass is 9.97. The molecule has 4 nitrogen and oxygen atoms in total. The van der Waals surface area contributed by atoms with Crippen LogP contribution < -0.4 is 5.32 Å². The summed E-state index contributed by atoms with van der Waals surface area (Å²) in [7, 11) is 0. The predicted molar refractivity (Wildman–Crippen MR) is 73.3 cm³/mol. The van der Waals surface area contributed by atoms with Gasteiger partial charge in [0, 0.05) is 26.6 Å². The smallest absolute Gasteiger partial charge is 0.225 e. The van der Waals surface area contributed by atoms with Gasteiger partial charge in [-0.2, -0.15) is 0 Å². The highest BCUT2D eigenvalue weighted by Crippen LogP contribution is 2.16. The number of nitrogens with one attached hydrogen (secondary N) is 1. The Hall–Kier alpha value is -1.84. The van der Waals surface area contributed by atoms with E-state index in [0.29, 0.717) is 13.1 Å². The Kier molecular flexibility index (Phi) is 4.55. The Morgan fingerprint density at radius 1 is 1.32 bits per heavy atom. The van der Waals surface area contributed by atoms with Gasteiger partial charge < -0.3 is 10.2 Å². The molecule has 2 rings (SSSR count). The number of benzene rings is 1. The molecule has 0 saturated carbocycles. The van der Waals surface area contributed by atoms with Gasteiger partial charge >= 0.3 is 0 Å². The first-order valence-corrected chi connectivity index (χ1v) is 6.74. The lowest BCUT2D eigenvalue weighted by Crippen LogP contribution is -2.44. The Balaban J connectivity index is 1.84. The summed E-state index contributed by atoms with van der Waals surface area (Å²) in [6.45, 7) is 3.44. The first-order chi connectivity index (χ1) is 9.16. The van der Waals surface area contributed by atoms with Crippen LogP contribution in [0.2, 0.25) is 0 Å². The fraction of sp³-hybridized carbons (Fsp3) is 0.467. The van der Waals surface area contributed by atoms with E-state index in [-0.39, 0.29) is 17.7 Å². The van der Waals surface area contributed by atoms with E-state index in [1.165, 1.54) is 0 Å². The Bertz CT molecular complexity index is 445. The van der Waals surface area contributed by atoms with Crippen molar-refractivity contribution in [1.29, 1.82) is 0 Å². The molecule has 1 atom stereocenters. The van der Waals surface area contributed by atoms with Gasteiger partial charge in [0.1, 0.15) is 0 Å². The van der Waals surface area contributed by atoms with Crippen molar-refractivity contribution in [1.82, 2.24) is 10.2 Å². The number of amides is 2. The highest BCUT2D eigenvalue weighted by Gasteiger charge is 2.26. The Morgan fingerprint density at radius 3 is 2.74 bits per heavy atom. The largest absolute Gasteiger partial charge is 0.352 e. The molecule has 1 aromatic carbocycles. The van der Waals surface area contributed by atoms with E-state index in [1.54, 1.807) is 11.8 Å². The maximum atomic E-state index is 12.1. The second-order valence-corrected chi connectivity index (χ2v) is 5.01. The lowest BCUT2D eigenvalue weighted by Gasteiger charge is -2.31. The summed E-state index contributed by atoms with van der Waals surface area (Å²) in [5.74, 6) is 0.0386. The number of carbonyl (C=O) groups excluding carboxylic acids is 2. The number of rotatable bonds is 3. The van der Waals surface area contributed by atoms with Gasteiger partial charge in [-0.15, -0.1) is 0 Å². The maximum Gasteiger partial charge on any atom is 0.225 e. The molecule has 1 fully saturated rings. The first-order valence-electron chi connectivity index (χ1n) is 6.74. The zero-order chi connectivity index (χ0) is 13.7. The minimum atomic E-state index is -0.0682. The molecule has 2 amide bonds. The monoisotopic (exact) mass is 260 g/mol. The van der Waals surface area contributed by atoms with E-state index in [9.17, 15) is 9.59 Å². The van der Waals surface area contributed by atoms with Crippen molar-refractivity contribution in [2.24, 2.45) is 5.92 Å². The lowest BCUT2D eigenvalue weighted by molar-refractivity contribution is -0.134. The van der Waals surface area contributed by atoms with Gasteiger partial charge in [0.15, 0.2) is 0 Å². The molecule has 1 N–H and O–H groups in total. The molecule has 0 unspecified atom stereocenters. The van der Waals surface area contributed by atoms with Crippen LogP contribution in [-0.2, 0) is 16.1 Å². The van der Waals surface area contributed by atoms with Gasteiger partial charge in [0.25, 0.3) is 0 Å². The van der Waals surface area contributed by atoms with E-state index in [1.807, 2.05) is 30.3 Å². The molecular weight excluding hydrogens is 240 g/mol. The fourth-order valence-corrected chi connectivity index (χ4v) is 2.41. The summed E-state index contributed by atoms with van der Waals surface area (Å²) in [4.78, 5) is 25.2. The number of hydrogen-bond donors (Lipinski definition) is 1. The molecule has 1 heterocycles. The van der Waals surface area contributed by atoms with Gasteiger partial charge in [0.05, 0.1) is 5.92 Å². The second-order valence-electron chi connectivity index (χ2n) is 5.01. The minimum Gasteiger partial charge on any atom is -0.352 e. The summed E-state index contributed by atoms with van der Waals surface area (Å²) < 4.78 is 0. The highest BCUT2D eigenvalue weighted by molar-refractivity contribution is 5.80. The van der Waals surface area contributed by atoms with Crippen LogP contribution in [0.25, 0.3) is 0 Å². The molecule has 102 valence electrons. The molecule has 1 aliphatic heterocycles. The van der Waals surface area contributed by atoms with Gasteiger partial charge in [0.2, 0.25) is 11.8 Å². The molecule has 1 saturated heterocycles. The quantitative estimate of drug-likeness (QED) is 0.896. The van der Waals surface area contributed by atoms with Crippen LogP contribution in [0.5, 0.6) is 0 Å². The summed E-state index contributed by atoms with van der Waals surface area (Å²) in [6.07, 6.45) is 1.77. The van der Waals surface area contributed by atoms with Crippen LogP contribution in [0.4, 0.5) is 0 Å². The third kappa shape index (κ3) is 3.81. The average Bonchev–Trinajstić information content (AvgIpc) is 2.46. The molecule has 1 aliphatic rings. The number of likely N-dealkylation sites (tertiary alicyclic amines) is 1. The van der Waals surface area contributed by atoms with Crippen LogP contribution >= 0.6 is 0 Å². The maximum absolute atomic E-state index is 12.1. The number of hydrogen-bond acceptors (Lipinski definition) is 2. The van der Waals surface area contributed by atoms with Gasteiger partial charge in [-0.25, -0.2) is 0 Å². The van der Waals surface area contributed by atoms with Crippen molar-refractivity contribution in [3.05, 3.63) is 35.9 Å². The van der Waals surface area contributed by atoms with Gasteiger partial charge in [-0.05, 0) is 18.4 Å². The number of nitrogens with zero attached hydrogens (tertiary/aromatic N) is 1. The van der Waals surface area contributed by atoms with Crippen LogP contribution in [0.15, 0.2) is 30.3 Å². The van der Waals surface area contributed by atoms with E-state index in [2.05, 4.69) is 5.32 Å². The van der Waals surface area contributed by atoms with Crippen molar-refractivity contribution in [2.75, 3.05) is 13.1 Å². The molecule has 0 aromatic heterocycles. The Labute approximate surface area is 113 Å². The molecule has 0 spiro atoms. The molecule has 1 aromatic rings. The summed E-state index contributed by atoms with van der Waals surface area (Å²) in [5, 5.41) is 2.95. The van der Waals surface area contributed by atoms with Crippen LogP contribution in [0, 0.1) is 5.92 Å². The first kappa shape index (κ1) is 13.6. The standard InChI is InChI=1S/C15H20N2O2/c1-12(18)17-9-5-8-14(11-17)15(19)16-10-13-6-3-2-4-7-13/h2-4,6-7,14H,5,8-11H2,1H3,(H,16,19)/t14-/m1/s1. The third-order valence-corrected chi connectivity index (χ3v) is 3.55. The fourth-order valence-electron chi connectivity index (χ4n) is 2.41. The van der Waals surface area contributed by atoms with Gasteiger partial charge in [-0.1, -0.05) is 30.3 Å². The van der Waals surface area contributed by atoms with Crippen molar-refractivity contribution >= 4 is 11.8 Å². The predicted octanol–water partition coefficient (Wildman–Crippen LogP) is 1.56. The van der Waals surface area contributed by atoms with Crippen molar-refractivity contribution < 1.29 is 9.59 Å². The zero-order valence-electron chi connectivity index (χ0n) is 11.3.